The number of benzene rings is 1. The summed E-state index contributed by atoms with van der Waals surface area (Å²) in [5.74, 6) is -1.02. The van der Waals surface area contributed by atoms with Crippen LogP contribution in [0.15, 0.2) is 18.2 Å². The van der Waals surface area contributed by atoms with Gasteiger partial charge in [0.1, 0.15) is 0 Å². The van der Waals surface area contributed by atoms with Crippen molar-refractivity contribution in [1.82, 2.24) is 0 Å². The molecule has 14 heavy (non-hydrogen) atoms. The Kier molecular flexibility index (Phi) is 2.44. The number of halogens is 2. The lowest BCUT2D eigenvalue weighted by Crippen LogP contribution is -1.99. The molecule has 1 aromatic heterocycles. The molecule has 5 heteroatoms. The molecule has 2 aromatic rings. The van der Waals surface area contributed by atoms with Gasteiger partial charge in [0.2, 0.25) is 0 Å². The number of rotatable bonds is 1. The highest BCUT2D eigenvalue weighted by atomic mass is 127. The first-order chi connectivity index (χ1) is 6.59. The second-order valence-electron chi connectivity index (χ2n) is 2.69. The largest absolute Gasteiger partial charge is 0.478 e. The number of thiophene rings is 1. The van der Waals surface area contributed by atoms with Gasteiger partial charge >= 0.3 is 5.97 Å². The minimum absolute atomic E-state index is 0.184. The Hall–Kier alpha value is -0.690. The monoisotopic (exact) mass is 322 g/mol. The van der Waals surface area contributed by atoms with E-state index in [1.54, 1.807) is 12.1 Å². The molecular weight excluding hydrogens is 318 g/mol. The van der Waals surface area contributed by atoms with Crippen molar-refractivity contribution in [2.24, 2.45) is 0 Å². The van der Waals surface area contributed by atoms with Gasteiger partial charge in [0.25, 0.3) is 0 Å². The van der Waals surface area contributed by atoms with Gasteiger partial charge in [-0.25, -0.2) is 4.79 Å². The SMILES string of the molecule is O=C(O)c1c(I)ccc2sc(F)cc12. The quantitative estimate of drug-likeness (QED) is 0.818. The molecule has 0 saturated carbocycles. The van der Waals surface area contributed by atoms with Crippen molar-refractivity contribution in [1.29, 1.82) is 0 Å². The summed E-state index contributed by atoms with van der Waals surface area (Å²) in [6.45, 7) is 0. The zero-order valence-corrected chi connectivity index (χ0v) is 9.73. The van der Waals surface area contributed by atoms with Gasteiger partial charge in [0, 0.05) is 13.7 Å². The van der Waals surface area contributed by atoms with Gasteiger partial charge in [-0.2, -0.15) is 4.39 Å². The van der Waals surface area contributed by atoms with Crippen molar-refractivity contribution < 1.29 is 14.3 Å². The second kappa shape index (κ2) is 3.47. The van der Waals surface area contributed by atoms with Gasteiger partial charge in [0.15, 0.2) is 5.13 Å². The molecule has 1 aromatic carbocycles. The van der Waals surface area contributed by atoms with Crippen LogP contribution in [0.1, 0.15) is 10.4 Å². The molecule has 0 aliphatic carbocycles. The Morgan fingerprint density at radius 2 is 2.21 bits per heavy atom. The smallest absolute Gasteiger partial charge is 0.337 e. The topological polar surface area (TPSA) is 37.3 Å². The van der Waals surface area contributed by atoms with E-state index in [0.717, 1.165) is 11.3 Å². The van der Waals surface area contributed by atoms with E-state index in [0.29, 0.717) is 13.7 Å². The predicted octanol–water partition coefficient (Wildman–Crippen LogP) is 3.34. The van der Waals surface area contributed by atoms with Crippen molar-refractivity contribution >= 4 is 50.0 Å². The first kappa shape index (κ1) is 9.85. The molecule has 0 aliphatic rings. The Balaban J connectivity index is 2.88. The lowest BCUT2D eigenvalue weighted by atomic mass is 10.1. The van der Waals surface area contributed by atoms with Gasteiger partial charge in [0.05, 0.1) is 5.56 Å². The van der Waals surface area contributed by atoms with Crippen LogP contribution in [0.4, 0.5) is 4.39 Å². The van der Waals surface area contributed by atoms with Crippen LogP contribution in [0.25, 0.3) is 10.1 Å². The van der Waals surface area contributed by atoms with Gasteiger partial charge < -0.3 is 5.11 Å². The first-order valence-electron chi connectivity index (χ1n) is 3.70. The van der Waals surface area contributed by atoms with Crippen LogP contribution in [0.2, 0.25) is 0 Å². The van der Waals surface area contributed by atoms with Gasteiger partial charge in [-0.3, -0.25) is 0 Å². The molecule has 2 rings (SSSR count). The minimum atomic E-state index is -1.02. The molecule has 0 unspecified atom stereocenters. The molecular formula is C9H4FIO2S. The number of aromatic carboxylic acids is 1. The third-order valence-corrected chi connectivity index (χ3v) is 3.62. The molecule has 0 bridgehead atoms. The van der Waals surface area contributed by atoms with Gasteiger partial charge in [-0.15, -0.1) is 11.3 Å². The third-order valence-electron chi connectivity index (χ3n) is 1.83. The number of hydrogen-bond acceptors (Lipinski definition) is 2. The fourth-order valence-electron chi connectivity index (χ4n) is 1.27. The highest BCUT2D eigenvalue weighted by Gasteiger charge is 2.14. The summed E-state index contributed by atoms with van der Waals surface area (Å²) in [7, 11) is 0. The number of hydrogen-bond donors (Lipinski definition) is 1. The molecule has 1 heterocycles. The lowest BCUT2D eigenvalue weighted by Gasteiger charge is -1.99. The molecule has 0 atom stereocenters. The summed E-state index contributed by atoms with van der Waals surface area (Å²) in [5, 5.41) is 9.07. The normalized spacial score (nSPS) is 10.7. The van der Waals surface area contributed by atoms with Crippen molar-refractivity contribution in [3.05, 3.63) is 32.5 Å². The second-order valence-corrected chi connectivity index (χ2v) is 4.89. The molecule has 0 saturated heterocycles. The van der Waals surface area contributed by atoms with E-state index in [9.17, 15) is 9.18 Å². The van der Waals surface area contributed by atoms with E-state index in [4.69, 9.17) is 5.11 Å². The van der Waals surface area contributed by atoms with E-state index in [1.807, 2.05) is 22.6 Å². The Labute approximate surface area is 96.5 Å². The average molecular weight is 322 g/mol. The fourth-order valence-corrected chi connectivity index (χ4v) is 2.77. The predicted molar refractivity (Wildman–Crippen MR) is 61.5 cm³/mol. The molecule has 2 nitrogen and oxygen atoms in total. The molecule has 0 aliphatic heterocycles. The van der Waals surface area contributed by atoms with Crippen LogP contribution in [0, 0.1) is 8.70 Å². The standard InChI is InChI=1S/C9H4FIO2S/c10-7-3-4-6(14-7)2-1-5(11)8(4)9(12)13/h1-3H,(H,12,13). The summed E-state index contributed by atoms with van der Waals surface area (Å²) < 4.78 is 14.2. The van der Waals surface area contributed by atoms with Gasteiger partial charge in [-0.05, 0) is 40.8 Å². The van der Waals surface area contributed by atoms with E-state index in [1.165, 1.54) is 6.07 Å². The fraction of sp³-hybridized carbons (Fsp3) is 0. The Morgan fingerprint density at radius 3 is 2.86 bits per heavy atom. The Morgan fingerprint density at radius 1 is 1.50 bits per heavy atom. The lowest BCUT2D eigenvalue weighted by molar-refractivity contribution is 0.0698. The van der Waals surface area contributed by atoms with Crippen LogP contribution in [0.5, 0.6) is 0 Å². The van der Waals surface area contributed by atoms with Crippen LogP contribution in [-0.2, 0) is 0 Å². The highest BCUT2D eigenvalue weighted by molar-refractivity contribution is 14.1. The third kappa shape index (κ3) is 1.50. The summed E-state index contributed by atoms with van der Waals surface area (Å²) >= 11 is 2.89. The zero-order valence-electron chi connectivity index (χ0n) is 6.75. The molecule has 0 amide bonds. The van der Waals surface area contributed by atoms with Gasteiger partial charge in [-0.1, -0.05) is 0 Å². The van der Waals surface area contributed by atoms with E-state index >= 15 is 0 Å². The average Bonchev–Trinajstić information content (AvgIpc) is 2.43. The number of carbonyl (C=O) groups is 1. The van der Waals surface area contributed by atoms with Crippen molar-refractivity contribution in [3.63, 3.8) is 0 Å². The summed E-state index contributed by atoms with van der Waals surface area (Å²) in [5.41, 5.74) is 0.184. The van der Waals surface area contributed by atoms with Crippen molar-refractivity contribution in [3.8, 4) is 0 Å². The molecule has 72 valence electrons. The van der Waals surface area contributed by atoms with E-state index in [-0.39, 0.29) is 10.7 Å². The van der Waals surface area contributed by atoms with E-state index in [2.05, 4.69) is 0 Å². The van der Waals surface area contributed by atoms with Crippen molar-refractivity contribution in [2.75, 3.05) is 0 Å². The van der Waals surface area contributed by atoms with Crippen LogP contribution in [0.3, 0.4) is 0 Å². The zero-order chi connectivity index (χ0) is 10.3. The summed E-state index contributed by atoms with van der Waals surface area (Å²) in [6, 6.07) is 4.69. The first-order valence-corrected chi connectivity index (χ1v) is 5.60. The summed E-state index contributed by atoms with van der Waals surface area (Å²) in [4.78, 5) is 10.9. The molecule has 0 fully saturated rings. The maximum Gasteiger partial charge on any atom is 0.337 e. The molecule has 0 spiro atoms. The Bertz CT molecular complexity index is 521. The summed E-state index contributed by atoms with van der Waals surface area (Å²) in [6.07, 6.45) is 0. The van der Waals surface area contributed by atoms with Crippen LogP contribution in [-0.4, -0.2) is 11.1 Å². The minimum Gasteiger partial charge on any atom is -0.478 e. The molecule has 0 radical (unpaired) electrons. The van der Waals surface area contributed by atoms with Crippen LogP contribution >= 0.6 is 33.9 Å². The number of carboxylic acids is 1. The number of carboxylic acid groups (broad SMARTS) is 1. The molecule has 1 N–H and O–H groups in total. The number of fused-ring (bicyclic) bond motifs is 1. The van der Waals surface area contributed by atoms with Crippen molar-refractivity contribution in [2.45, 2.75) is 0 Å². The maximum atomic E-state index is 12.9. The maximum absolute atomic E-state index is 12.9. The van der Waals surface area contributed by atoms with E-state index < -0.39 is 5.97 Å². The highest BCUT2D eigenvalue weighted by Crippen LogP contribution is 2.30. The van der Waals surface area contributed by atoms with Crippen LogP contribution < -0.4 is 0 Å².